The van der Waals surface area contributed by atoms with Gasteiger partial charge in [0.1, 0.15) is 0 Å². The molecule has 0 fully saturated rings. The van der Waals surface area contributed by atoms with Gasteiger partial charge in [0, 0.05) is 29.8 Å². The zero-order valence-corrected chi connectivity index (χ0v) is 14.7. The van der Waals surface area contributed by atoms with Crippen molar-refractivity contribution >= 4 is 28.3 Å². The SMILES string of the molecule is C=CC(=O)Nc1c(COC)ccc2ccc(-c3cccnc3C(=O)O)cc12. The smallest absolute Gasteiger partial charge is 0.355 e. The van der Waals surface area contributed by atoms with Crippen LogP contribution >= 0.6 is 0 Å². The van der Waals surface area contributed by atoms with Crippen molar-refractivity contribution in [3.63, 3.8) is 0 Å². The number of carbonyl (C=O) groups is 2. The largest absolute Gasteiger partial charge is 0.476 e. The molecule has 0 atom stereocenters. The Morgan fingerprint density at radius 2 is 2.04 bits per heavy atom. The van der Waals surface area contributed by atoms with Crippen LogP contribution in [0.5, 0.6) is 0 Å². The minimum Gasteiger partial charge on any atom is -0.476 e. The van der Waals surface area contributed by atoms with Crippen molar-refractivity contribution < 1.29 is 19.4 Å². The van der Waals surface area contributed by atoms with Gasteiger partial charge in [-0.05, 0) is 29.2 Å². The van der Waals surface area contributed by atoms with E-state index in [9.17, 15) is 14.7 Å². The monoisotopic (exact) mass is 362 g/mol. The summed E-state index contributed by atoms with van der Waals surface area (Å²) in [7, 11) is 1.58. The fourth-order valence-corrected chi connectivity index (χ4v) is 2.94. The molecule has 0 unspecified atom stereocenters. The Bertz CT molecular complexity index is 1040. The van der Waals surface area contributed by atoms with Crippen LogP contribution in [0, 0.1) is 0 Å². The van der Waals surface area contributed by atoms with Gasteiger partial charge in [0.15, 0.2) is 5.69 Å². The normalized spacial score (nSPS) is 10.6. The molecule has 2 aromatic carbocycles. The number of aromatic carboxylic acids is 1. The lowest BCUT2D eigenvalue weighted by Gasteiger charge is -2.15. The number of ether oxygens (including phenoxy) is 1. The molecule has 0 radical (unpaired) electrons. The fourth-order valence-electron chi connectivity index (χ4n) is 2.94. The van der Waals surface area contributed by atoms with Crippen molar-refractivity contribution in [3.05, 3.63) is 72.6 Å². The van der Waals surface area contributed by atoms with Crippen molar-refractivity contribution in [2.24, 2.45) is 0 Å². The summed E-state index contributed by atoms with van der Waals surface area (Å²) in [6.45, 7) is 3.81. The van der Waals surface area contributed by atoms with Gasteiger partial charge in [-0.3, -0.25) is 4.79 Å². The van der Waals surface area contributed by atoms with Gasteiger partial charge in [-0.2, -0.15) is 0 Å². The highest BCUT2D eigenvalue weighted by Crippen LogP contribution is 2.33. The number of nitrogens with one attached hydrogen (secondary N) is 1. The van der Waals surface area contributed by atoms with E-state index in [0.717, 1.165) is 16.3 Å². The highest BCUT2D eigenvalue weighted by Gasteiger charge is 2.15. The Morgan fingerprint density at radius 3 is 2.74 bits per heavy atom. The quantitative estimate of drug-likeness (QED) is 0.650. The summed E-state index contributed by atoms with van der Waals surface area (Å²) in [6.07, 6.45) is 2.64. The van der Waals surface area contributed by atoms with Gasteiger partial charge in [0.2, 0.25) is 5.91 Å². The number of carboxylic acids is 1. The van der Waals surface area contributed by atoms with E-state index in [4.69, 9.17) is 4.74 Å². The minimum absolute atomic E-state index is 0.0263. The topological polar surface area (TPSA) is 88.5 Å². The zero-order valence-electron chi connectivity index (χ0n) is 14.7. The molecule has 3 aromatic rings. The van der Waals surface area contributed by atoms with Gasteiger partial charge in [-0.25, -0.2) is 9.78 Å². The maximum absolute atomic E-state index is 11.9. The zero-order chi connectivity index (χ0) is 19.4. The Balaban J connectivity index is 2.24. The van der Waals surface area contributed by atoms with E-state index in [1.165, 1.54) is 12.3 Å². The van der Waals surface area contributed by atoms with Gasteiger partial charge in [-0.1, -0.05) is 36.9 Å². The molecule has 6 nitrogen and oxygen atoms in total. The van der Waals surface area contributed by atoms with Crippen LogP contribution in [0.15, 0.2) is 61.3 Å². The third-order valence-electron chi connectivity index (χ3n) is 4.16. The maximum Gasteiger partial charge on any atom is 0.355 e. The molecule has 3 rings (SSSR count). The molecular weight excluding hydrogens is 344 g/mol. The molecule has 0 saturated heterocycles. The Morgan fingerprint density at radius 1 is 1.26 bits per heavy atom. The van der Waals surface area contributed by atoms with Crippen LogP contribution in [0.2, 0.25) is 0 Å². The number of amides is 1. The summed E-state index contributed by atoms with van der Waals surface area (Å²) in [5, 5.41) is 13.9. The highest BCUT2D eigenvalue weighted by atomic mass is 16.5. The second-order valence-electron chi connectivity index (χ2n) is 5.87. The summed E-state index contributed by atoms with van der Waals surface area (Å²) >= 11 is 0. The van der Waals surface area contributed by atoms with E-state index in [0.29, 0.717) is 23.4 Å². The highest BCUT2D eigenvalue weighted by molar-refractivity contribution is 6.08. The van der Waals surface area contributed by atoms with Gasteiger partial charge < -0.3 is 15.2 Å². The second-order valence-corrected chi connectivity index (χ2v) is 5.87. The van der Waals surface area contributed by atoms with Gasteiger partial charge in [-0.15, -0.1) is 0 Å². The van der Waals surface area contributed by atoms with Crippen LogP contribution in [0.3, 0.4) is 0 Å². The molecule has 2 N–H and O–H groups in total. The lowest BCUT2D eigenvalue weighted by atomic mass is 9.97. The van der Waals surface area contributed by atoms with Crippen molar-refractivity contribution in [1.82, 2.24) is 4.98 Å². The number of benzene rings is 2. The number of methoxy groups -OCH3 is 1. The number of hydrogen-bond donors (Lipinski definition) is 2. The van der Waals surface area contributed by atoms with E-state index in [1.807, 2.05) is 30.3 Å². The molecule has 0 spiro atoms. The van der Waals surface area contributed by atoms with Crippen molar-refractivity contribution in [2.45, 2.75) is 6.61 Å². The molecule has 1 amide bonds. The van der Waals surface area contributed by atoms with E-state index < -0.39 is 5.97 Å². The summed E-state index contributed by atoms with van der Waals surface area (Å²) in [5.41, 5.74) is 2.59. The molecule has 1 aromatic heterocycles. The molecule has 27 heavy (non-hydrogen) atoms. The average molecular weight is 362 g/mol. The molecule has 0 aliphatic heterocycles. The molecule has 1 heterocycles. The number of nitrogens with zero attached hydrogens (tertiary/aromatic N) is 1. The summed E-state index contributed by atoms with van der Waals surface area (Å²) in [5.74, 6) is -1.43. The number of pyridine rings is 1. The van der Waals surface area contributed by atoms with Crippen LogP contribution in [-0.2, 0) is 16.1 Å². The Labute approximate surface area is 156 Å². The van der Waals surface area contributed by atoms with Crippen LogP contribution in [0.25, 0.3) is 21.9 Å². The van der Waals surface area contributed by atoms with Crippen LogP contribution in [0.4, 0.5) is 5.69 Å². The maximum atomic E-state index is 11.9. The number of carbonyl (C=O) groups excluding carboxylic acids is 1. The Hall–Kier alpha value is -3.51. The first-order valence-electron chi connectivity index (χ1n) is 8.22. The predicted octanol–water partition coefficient (Wildman–Crippen LogP) is 3.87. The lowest BCUT2D eigenvalue weighted by molar-refractivity contribution is -0.111. The molecule has 0 saturated carbocycles. The number of carboxylic acid groups (broad SMARTS) is 1. The van der Waals surface area contributed by atoms with Crippen molar-refractivity contribution in [2.75, 3.05) is 12.4 Å². The molecule has 0 aliphatic carbocycles. The first kappa shape index (κ1) is 18.3. The average Bonchev–Trinajstić information content (AvgIpc) is 2.69. The molecule has 6 heteroatoms. The molecular formula is C21H18N2O4. The van der Waals surface area contributed by atoms with E-state index >= 15 is 0 Å². The molecule has 0 bridgehead atoms. The van der Waals surface area contributed by atoms with Crippen LogP contribution in [-0.4, -0.2) is 29.1 Å². The summed E-state index contributed by atoms with van der Waals surface area (Å²) in [6, 6.07) is 12.8. The number of rotatable bonds is 6. The van der Waals surface area contributed by atoms with Crippen LogP contribution < -0.4 is 5.32 Å². The minimum atomic E-state index is -1.10. The summed E-state index contributed by atoms with van der Waals surface area (Å²) in [4.78, 5) is 27.4. The fraction of sp³-hybridized carbons (Fsp3) is 0.0952. The van der Waals surface area contributed by atoms with Gasteiger partial charge in [0.25, 0.3) is 0 Å². The number of anilines is 1. The number of fused-ring (bicyclic) bond motifs is 1. The molecule has 136 valence electrons. The lowest BCUT2D eigenvalue weighted by Crippen LogP contribution is -2.10. The van der Waals surface area contributed by atoms with Crippen molar-refractivity contribution in [1.29, 1.82) is 0 Å². The second kappa shape index (κ2) is 7.80. The standard InChI is InChI=1S/C21H18N2O4/c1-3-18(24)23-19-15(12-27-2)9-7-13-6-8-14(11-17(13)19)16-5-4-10-22-20(16)21(25)26/h3-11H,1,12H2,2H3,(H,23,24)(H,25,26). The van der Waals surface area contributed by atoms with Gasteiger partial charge >= 0.3 is 5.97 Å². The number of aromatic nitrogens is 1. The van der Waals surface area contributed by atoms with Crippen molar-refractivity contribution in [3.8, 4) is 11.1 Å². The van der Waals surface area contributed by atoms with Gasteiger partial charge in [0.05, 0.1) is 12.3 Å². The first-order valence-corrected chi connectivity index (χ1v) is 8.22. The molecule has 0 aliphatic rings. The van der Waals surface area contributed by atoms with E-state index in [-0.39, 0.29) is 11.6 Å². The predicted molar refractivity (Wildman–Crippen MR) is 104 cm³/mol. The first-order chi connectivity index (χ1) is 13.0. The Kier molecular flexibility index (Phi) is 5.28. The summed E-state index contributed by atoms with van der Waals surface area (Å²) < 4.78 is 5.23. The third kappa shape index (κ3) is 3.70. The van der Waals surface area contributed by atoms with Crippen LogP contribution in [0.1, 0.15) is 16.1 Å². The number of hydrogen-bond acceptors (Lipinski definition) is 4. The third-order valence-corrected chi connectivity index (χ3v) is 4.16. The van der Waals surface area contributed by atoms with E-state index in [2.05, 4.69) is 16.9 Å². The van der Waals surface area contributed by atoms with E-state index in [1.54, 1.807) is 19.2 Å².